The molecule has 10 heteroatoms. The number of hydrogen-bond acceptors (Lipinski definition) is 3. The van der Waals surface area contributed by atoms with E-state index in [0.29, 0.717) is 12.1 Å². The molecule has 0 amide bonds. The van der Waals surface area contributed by atoms with Crippen LogP contribution in [0.3, 0.4) is 0 Å². The first-order valence-corrected chi connectivity index (χ1v) is 10.0. The van der Waals surface area contributed by atoms with Gasteiger partial charge in [-0.05, 0) is 44.4 Å². The normalized spacial score (nSPS) is 11.9. The van der Waals surface area contributed by atoms with Crippen molar-refractivity contribution in [3.05, 3.63) is 52.8 Å². The van der Waals surface area contributed by atoms with E-state index in [1.165, 1.54) is 0 Å². The summed E-state index contributed by atoms with van der Waals surface area (Å²) in [6.45, 7) is 7.55. The van der Waals surface area contributed by atoms with Crippen LogP contribution in [0.5, 0.6) is 0 Å². The minimum absolute atomic E-state index is 0. The van der Waals surface area contributed by atoms with Crippen molar-refractivity contribution >= 4 is 29.9 Å². The predicted octanol–water partition coefficient (Wildman–Crippen LogP) is 4.34. The summed E-state index contributed by atoms with van der Waals surface area (Å²) >= 11 is 0. The largest absolute Gasteiger partial charge is 0.411 e. The van der Waals surface area contributed by atoms with Gasteiger partial charge in [-0.15, -0.1) is 24.0 Å². The molecule has 0 atom stereocenters. The van der Waals surface area contributed by atoms with E-state index in [2.05, 4.69) is 31.5 Å². The summed E-state index contributed by atoms with van der Waals surface area (Å²) in [6, 6.07) is 9.28. The van der Waals surface area contributed by atoms with E-state index in [1.54, 1.807) is 12.1 Å². The fraction of sp³-hybridized carbons (Fsp3) is 0.524. The van der Waals surface area contributed by atoms with Crippen LogP contribution >= 0.6 is 24.0 Å². The van der Waals surface area contributed by atoms with Crippen molar-refractivity contribution in [1.29, 1.82) is 0 Å². The number of alkyl halides is 3. The molecule has 2 aromatic rings. The lowest BCUT2D eigenvalue weighted by molar-refractivity contribution is -0.176. The van der Waals surface area contributed by atoms with E-state index in [1.807, 2.05) is 37.6 Å². The number of hydrogen-bond donors (Lipinski definition) is 2. The number of nitrogens with zero attached hydrogens (tertiary/aromatic N) is 3. The first kappa shape index (κ1) is 27.2. The maximum atomic E-state index is 12.1. The topological polar surface area (TPSA) is 63.5 Å². The maximum absolute atomic E-state index is 12.1. The van der Waals surface area contributed by atoms with Crippen LogP contribution in [0.15, 0.2) is 35.3 Å². The molecular weight excluding hydrogens is 522 g/mol. The number of aliphatic imine (C=N–C) groups is 1. The van der Waals surface area contributed by atoms with Crippen LogP contribution in [0.1, 0.15) is 35.9 Å². The van der Waals surface area contributed by atoms with Gasteiger partial charge in [0.2, 0.25) is 0 Å². The highest BCUT2D eigenvalue weighted by atomic mass is 127. The van der Waals surface area contributed by atoms with E-state index >= 15 is 0 Å². The Labute approximate surface area is 198 Å². The quantitative estimate of drug-likeness (QED) is 0.199. The summed E-state index contributed by atoms with van der Waals surface area (Å²) in [4.78, 5) is 4.57. The summed E-state index contributed by atoms with van der Waals surface area (Å²) in [5, 5.41) is 11.0. The predicted molar refractivity (Wildman–Crippen MR) is 127 cm³/mol. The van der Waals surface area contributed by atoms with Crippen molar-refractivity contribution in [2.45, 2.75) is 53.1 Å². The molecule has 0 saturated carbocycles. The maximum Gasteiger partial charge on any atom is 0.411 e. The second-order valence-corrected chi connectivity index (χ2v) is 7.05. The smallest absolute Gasteiger partial charge is 0.367 e. The molecule has 0 unspecified atom stereocenters. The molecule has 0 aliphatic carbocycles. The second kappa shape index (κ2) is 13.6. The SMILES string of the molecule is CCNC(=NCc1ccc(COCC(F)(F)F)cc1)NCCCn1nc(C)cc1C.I. The molecule has 0 radical (unpaired) electrons. The van der Waals surface area contributed by atoms with Gasteiger partial charge in [0.25, 0.3) is 0 Å². The van der Waals surface area contributed by atoms with Gasteiger partial charge in [-0.3, -0.25) is 4.68 Å². The van der Waals surface area contributed by atoms with Crippen molar-refractivity contribution in [2.24, 2.45) is 4.99 Å². The van der Waals surface area contributed by atoms with E-state index in [0.717, 1.165) is 49.0 Å². The lowest BCUT2D eigenvalue weighted by atomic mass is 10.1. The molecule has 6 nitrogen and oxygen atoms in total. The molecule has 2 N–H and O–H groups in total. The average molecular weight is 553 g/mol. The highest BCUT2D eigenvalue weighted by Gasteiger charge is 2.27. The number of ether oxygens (including phenoxy) is 1. The monoisotopic (exact) mass is 553 g/mol. The first-order valence-electron chi connectivity index (χ1n) is 10.0. The zero-order chi connectivity index (χ0) is 22.0. The lowest BCUT2D eigenvalue weighted by Crippen LogP contribution is -2.38. The molecule has 0 bridgehead atoms. The Kier molecular flexibility index (Phi) is 11.9. The Morgan fingerprint density at radius 3 is 2.39 bits per heavy atom. The van der Waals surface area contributed by atoms with Gasteiger partial charge >= 0.3 is 6.18 Å². The van der Waals surface area contributed by atoms with Crippen LogP contribution in [0.25, 0.3) is 0 Å². The molecule has 0 spiro atoms. The van der Waals surface area contributed by atoms with Gasteiger partial charge in [0, 0.05) is 25.3 Å². The van der Waals surface area contributed by atoms with Gasteiger partial charge in [-0.2, -0.15) is 18.3 Å². The van der Waals surface area contributed by atoms with E-state index in [-0.39, 0.29) is 30.6 Å². The third kappa shape index (κ3) is 10.9. The van der Waals surface area contributed by atoms with Crippen molar-refractivity contribution in [3.8, 4) is 0 Å². The van der Waals surface area contributed by atoms with E-state index in [9.17, 15) is 13.2 Å². The standard InChI is InChI=1S/C21H30F3N5O.HI/c1-4-25-20(26-10-5-11-29-17(3)12-16(2)28-29)27-13-18-6-8-19(9-7-18)14-30-15-21(22,23)24;/h6-9,12H,4-5,10-11,13-15H2,1-3H3,(H2,25,26,27);1H. The van der Waals surface area contributed by atoms with Gasteiger partial charge in [0.05, 0.1) is 18.8 Å². The Morgan fingerprint density at radius 1 is 1.13 bits per heavy atom. The number of aromatic nitrogens is 2. The average Bonchev–Trinajstić information content (AvgIpc) is 3.00. The number of guanidine groups is 1. The van der Waals surface area contributed by atoms with Gasteiger partial charge < -0.3 is 15.4 Å². The van der Waals surface area contributed by atoms with Crippen LogP contribution in [0.4, 0.5) is 13.2 Å². The Hall–Kier alpha value is -1.82. The highest BCUT2D eigenvalue weighted by Crippen LogP contribution is 2.16. The van der Waals surface area contributed by atoms with Crippen LogP contribution in [-0.2, 0) is 24.4 Å². The summed E-state index contributed by atoms with van der Waals surface area (Å²) in [5.41, 5.74) is 3.84. The molecule has 31 heavy (non-hydrogen) atoms. The molecule has 1 aromatic carbocycles. The van der Waals surface area contributed by atoms with Crippen molar-refractivity contribution in [1.82, 2.24) is 20.4 Å². The molecule has 0 saturated heterocycles. The van der Waals surface area contributed by atoms with E-state index in [4.69, 9.17) is 0 Å². The number of aryl methyl sites for hydroxylation is 3. The third-order valence-corrected chi connectivity index (χ3v) is 4.26. The van der Waals surface area contributed by atoms with Gasteiger partial charge in [-0.1, -0.05) is 24.3 Å². The first-order chi connectivity index (χ1) is 14.3. The van der Waals surface area contributed by atoms with E-state index < -0.39 is 12.8 Å². The second-order valence-electron chi connectivity index (χ2n) is 7.05. The fourth-order valence-corrected chi connectivity index (χ4v) is 2.87. The zero-order valence-corrected chi connectivity index (χ0v) is 20.5. The number of nitrogens with one attached hydrogen (secondary N) is 2. The van der Waals surface area contributed by atoms with Crippen molar-refractivity contribution < 1.29 is 17.9 Å². The zero-order valence-electron chi connectivity index (χ0n) is 18.1. The fourth-order valence-electron chi connectivity index (χ4n) is 2.87. The summed E-state index contributed by atoms with van der Waals surface area (Å²) in [5.74, 6) is 0.725. The van der Waals surface area contributed by atoms with Crippen molar-refractivity contribution in [2.75, 3.05) is 19.7 Å². The molecule has 1 aromatic heterocycles. The molecular formula is C21H31F3IN5O. The number of rotatable bonds is 10. The third-order valence-electron chi connectivity index (χ3n) is 4.26. The summed E-state index contributed by atoms with van der Waals surface area (Å²) in [7, 11) is 0. The van der Waals surface area contributed by atoms with Crippen molar-refractivity contribution in [3.63, 3.8) is 0 Å². The minimum Gasteiger partial charge on any atom is -0.367 e. The molecule has 174 valence electrons. The molecule has 0 aliphatic heterocycles. The highest BCUT2D eigenvalue weighted by molar-refractivity contribution is 14.0. The molecule has 0 fully saturated rings. The van der Waals surface area contributed by atoms with Crippen LogP contribution in [0.2, 0.25) is 0 Å². The Balaban J connectivity index is 0.00000480. The molecule has 2 rings (SSSR count). The number of benzene rings is 1. The molecule has 1 heterocycles. The van der Waals surface area contributed by atoms with Gasteiger partial charge in [0.15, 0.2) is 5.96 Å². The molecule has 0 aliphatic rings. The summed E-state index contributed by atoms with van der Waals surface area (Å²) in [6.07, 6.45) is -3.39. The van der Waals surface area contributed by atoms with Crippen LogP contribution in [-0.4, -0.2) is 41.6 Å². The van der Waals surface area contributed by atoms with Crippen LogP contribution < -0.4 is 10.6 Å². The van der Waals surface area contributed by atoms with Gasteiger partial charge in [-0.25, -0.2) is 4.99 Å². The van der Waals surface area contributed by atoms with Gasteiger partial charge in [0.1, 0.15) is 6.61 Å². The lowest BCUT2D eigenvalue weighted by Gasteiger charge is -2.12. The Morgan fingerprint density at radius 2 is 1.81 bits per heavy atom. The summed E-state index contributed by atoms with van der Waals surface area (Å²) < 4.78 is 43.0. The van der Waals surface area contributed by atoms with Crippen LogP contribution in [0, 0.1) is 13.8 Å². The Bertz CT molecular complexity index is 806. The minimum atomic E-state index is -4.31. The number of halogens is 4.